The van der Waals surface area contributed by atoms with Crippen molar-refractivity contribution in [3.63, 3.8) is 0 Å². The van der Waals surface area contributed by atoms with Crippen LogP contribution in [0.15, 0.2) is 48.5 Å². The van der Waals surface area contributed by atoms with Gasteiger partial charge in [-0.25, -0.2) is 12.8 Å². The predicted octanol–water partition coefficient (Wildman–Crippen LogP) is 2.83. The van der Waals surface area contributed by atoms with Crippen molar-refractivity contribution in [2.45, 2.75) is 48.3 Å². The van der Waals surface area contributed by atoms with E-state index in [9.17, 15) is 12.8 Å². The first-order chi connectivity index (χ1) is 12.8. The van der Waals surface area contributed by atoms with Crippen molar-refractivity contribution in [1.29, 1.82) is 0 Å². The number of hydrogen-bond acceptors (Lipinski definition) is 4. The molecule has 6 heteroatoms. The van der Waals surface area contributed by atoms with E-state index in [0.717, 1.165) is 24.0 Å². The molecule has 2 aromatic rings. The third kappa shape index (κ3) is 3.42. The van der Waals surface area contributed by atoms with Crippen molar-refractivity contribution in [2.24, 2.45) is 5.73 Å². The molecule has 1 unspecified atom stereocenters. The molecule has 3 N–H and O–H groups in total. The minimum atomic E-state index is -3.46. The fraction of sp³-hybridized carbons (Fsp3) is 0.429. The lowest BCUT2D eigenvalue weighted by Gasteiger charge is -2.35. The highest BCUT2D eigenvalue weighted by molar-refractivity contribution is 7.92. The Bertz CT molecular complexity index is 942. The van der Waals surface area contributed by atoms with Crippen LogP contribution in [0.5, 0.6) is 0 Å². The van der Waals surface area contributed by atoms with E-state index in [1.807, 2.05) is 43.3 Å². The van der Waals surface area contributed by atoms with Gasteiger partial charge in [0, 0.05) is 18.1 Å². The van der Waals surface area contributed by atoms with E-state index in [1.165, 1.54) is 6.07 Å². The Kier molecular flexibility index (Phi) is 4.61. The molecule has 3 atom stereocenters. The van der Waals surface area contributed by atoms with E-state index in [0.29, 0.717) is 12.1 Å². The molecule has 144 valence electrons. The van der Waals surface area contributed by atoms with Crippen LogP contribution in [-0.2, 0) is 21.8 Å². The van der Waals surface area contributed by atoms with E-state index in [4.69, 9.17) is 5.73 Å². The molecular formula is C21H25FN2O2S. The predicted molar refractivity (Wildman–Crippen MR) is 105 cm³/mol. The van der Waals surface area contributed by atoms with Crippen LogP contribution in [0.3, 0.4) is 0 Å². The van der Waals surface area contributed by atoms with Crippen LogP contribution in [0.2, 0.25) is 0 Å². The summed E-state index contributed by atoms with van der Waals surface area (Å²) in [4.78, 5) is 0. The molecule has 1 heterocycles. The van der Waals surface area contributed by atoms with Crippen LogP contribution in [0.4, 0.5) is 4.39 Å². The molecule has 1 saturated carbocycles. The third-order valence-corrected chi connectivity index (χ3v) is 8.66. The van der Waals surface area contributed by atoms with Crippen molar-refractivity contribution in [3.05, 3.63) is 71.0 Å². The number of nitrogens with two attached hydrogens (primary N) is 1. The van der Waals surface area contributed by atoms with E-state index >= 15 is 0 Å². The van der Waals surface area contributed by atoms with Gasteiger partial charge in [-0.2, -0.15) is 0 Å². The van der Waals surface area contributed by atoms with Gasteiger partial charge in [0.15, 0.2) is 9.84 Å². The van der Waals surface area contributed by atoms with Gasteiger partial charge >= 0.3 is 0 Å². The number of benzene rings is 2. The van der Waals surface area contributed by atoms with Crippen LogP contribution in [-0.4, -0.2) is 26.3 Å². The van der Waals surface area contributed by atoms with Gasteiger partial charge in [0.2, 0.25) is 0 Å². The second-order valence-corrected chi connectivity index (χ2v) is 10.2. The van der Waals surface area contributed by atoms with Gasteiger partial charge in [0.25, 0.3) is 0 Å². The maximum absolute atomic E-state index is 14.7. The highest BCUT2D eigenvalue weighted by Gasteiger charge is 2.43. The van der Waals surface area contributed by atoms with Crippen molar-refractivity contribution >= 4 is 9.84 Å². The number of rotatable bonds is 4. The zero-order chi connectivity index (χ0) is 19.2. The summed E-state index contributed by atoms with van der Waals surface area (Å²) in [5.74, 6) is -0.367. The van der Waals surface area contributed by atoms with Crippen molar-refractivity contribution < 1.29 is 12.8 Å². The quantitative estimate of drug-likeness (QED) is 0.845. The summed E-state index contributed by atoms with van der Waals surface area (Å²) < 4.78 is 41.3. The lowest BCUT2D eigenvalue weighted by atomic mass is 9.99. The van der Waals surface area contributed by atoms with Gasteiger partial charge in [-0.15, -0.1) is 0 Å². The van der Waals surface area contributed by atoms with Gasteiger partial charge in [0.1, 0.15) is 5.82 Å². The van der Waals surface area contributed by atoms with Gasteiger partial charge in [-0.05, 0) is 48.9 Å². The van der Waals surface area contributed by atoms with Gasteiger partial charge < -0.3 is 11.1 Å². The van der Waals surface area contributed by atoms with Gasteiger partial charge in [-0.1, -0.05) is 42.5 Å². The van der Waals surface area contributed by atoms with Gasteiger partial charge in [-0.3, -0.25) is 0 Å². The Morgan fingerprint density at radius 1 is 1.19 bits per heavy atom. The first kappa shape index (κ1) is 18.6. The molecule has 2 fully saturated rings. The normalized spacial score (nSPS) is 28.6. The minimum absolute atomic E-state index is 0.156. The summed E-state index contributed by atoms with van der Waals surface area (Å²) in [5, 5.41) is 2.01. The van der Waals surface area contributed by atoms with Crippen molar-refractivity contribution in [3.8, 4) is 0 Å². The Labute approximate surface area is 159 Å². The average molecular weight is 389 g/mol. The molecule has 2 aliphatic rings. The summed E-state index contributed by atoms with van der Waals surface area (Å²) in [6, 6.07) is 14.0. The van der Waals surface area contributed by atoms with E-state index in [2.05, 4.69) is 5.32 Å². The fourth-order valence-corrected chi connectivity index (χ4v) is 6.33. The number of halogens is 1. The summed E-state index contributed by atoms with van der Waals surface area (Å²) in [6.45, 7) is 2.23. The molecule has 0 amide bonds. The van der Waals surface area contributed by atoms with Crippen LogP contribution in [0, 0.1) is 5.82 Å². The monoisotopic (exact) mass is 388 g/mol. The Balaban J connectivity index is 1.62. The van der Waals surface area contributed by atoms with Crippen LogP contribution < -0.4 is 11.1 Å². The maximum Gasteiger partial charge on any atom is 0.163 e. The molecule has 27 heavy (non-hydrogen) atoms. The molecule has 4 rings (SSSR count). The largest absolute Gasteiger partial charge is 0.321 e. The molecule has 4 nitrogen and oxygen atoms in total. The summed E-state index contributed by atoms with van der Waals surface area (Å²) in [6.07, 6.45) is 1.88. The van der Waals surface area contributed by atoms with Crippen LogP contribution >= 0.6 is 0 Å². The second kappa shape index (κ2) is 6.69. The standard InChI is InChI=1S/C21H25FN2O2S/c1-14-19(11-16-7-8-17(12-18(16)22)21(23)9-10-21)27(25,26)20(13-24-14)15-5-3-2-4-6-15/h2-8,12,14,19-20,24H,9-11,13,23H2,1H3/t14-,19?,20-/m0/s1. The van der Waals surface area contributed by atoms with Crippen molar-refractivity contribution in [1.82, 2.24) is 5.32 Å². The van der Waals surface area contributed by atoms with Crippen LogP contribution in [0.1, 0.15) is 41.7 Å². The molecule has 0 radical (unpaired) electrons. The summed E-state index contributed by atoms with van der Waals surface area (Å²) in [7, 11) is -3.46. The third-order valence-electron chi connectivity index (χ3n) is 6.01. The van der Waals surface area contributed by atoms with E-state index < -0.39 is 25.9 Å². The second-order valence-electron chi connectivity index (χ2n) is 7.89. The van der Waals surface area contributed by atoms with Crippen molar-refractivity contribution in [2.75, 3.05) is 6.54 Å². The topological polar surface area (TPSA) is 72.2 Å². The molecule has 1 saturated heterocycles. The molecule has 0 aromatic heterocycles. The Morgan fingerprint density at radius 2 is 1.89 bits per heavy atom. The number of sulfone groups is 1. The van der Waals surface area contributed by atoms with Gasteiger partial charge in [0.05, 0.1) is 10.5 Å². The first-order valence-electron chi connectivity index (χ1n) is 9.40. The lowest BCUT2D eigenvalue weighted by Crippen LogP contribution is -2.53. The summed E-state index contributed by atoms with van der Waals surface area (Å²) >= 11 is 0. The number of nitrogens with one attached hydrogen (secondary N) is 1. The Hall–Kier alpha value is -1.76. The molecule has 0 spiro atoms. The minimum Gasteiger partial charge on any atom is -0.321 e. The Morgan fingerprint density at radius 3 is 2.52 bits per heavy atom. The zero-order valence-electron chi connectivity index (χ0n) is 15.4. The average Bonchev–Trinajstić information content (AvgIpc) is 3.39. The van der Waals surface area contributed by atoms with E-state index in [1.54, 1.807) is 6.07 Å². The number of hydrogen-bond donors (Lipinski definition) is 2. The van der Waals surface area contributed by atoms with Crippen LogP contribution in [0.25, 0.3) is 0 Å². The molecule has 1 aliphatic carbocycles. The SMILES string of the molecule is C[C@@H]1NC[C@@H](c2ccccc2)S(=O)(=O)C1Cc1ccc(C2(N)CC2)cc1F. The highest BCUT2D eigenvalue weighted by Crippen LogP contribution is 2.43. The zero-order valence-corrected chi connectivity index (χ0v) is 16.2. The highest BCUT2D eigenvalue weighted by atomic mass is 32.2. The fourth-order valence-electron chi connectivity index (χ4n) is 3.97. The maximum atomic E-state index is 14.7. The van der Waals surface area contributed by atoms with E-state index in [-0.39, 0.29) is 18.3 Å². The first-order valence-corrected chi connectivity index (χ1v) is 11.0. The molecule has 1 aliphatic heterocycles. The molecular weight excluding hydrogens is 363 g/mol. The lowest BCUT2D eigenvalue weighted by molar-refractivity contribution is 0.447. The summed E-state index contributed by atoms with van der Waals surface area (Å²) in [5.41, 5.74) is 7.75. The molecule has 2 aromatic carbocycles. The smallest absolute Gasteiger partial charge is 0.163 e. The molecule has 0 bridgehead atoms.